The molecule has 0 saturated heterocycles. The van der Waals surface area contributed by atoms with Gasteiger partial charge in [-0.05, 0) is 24.6 Å². The van der Waals surface area contributed by atoms with Crippen molar-refractivity contribution in [2.75, 3.05) is 20.3 Å². The van der Waals surface area contributed by atoms with E-state index in [2.05, 4.69) is 0 Å². The molecule has 1 unspecified atom stereocenters. The van der Waals surface area contributed by atoms with Gasteiger partial charge in [-0.25, -0.2) is 12.8 Å². The molecule has 0 radical (unpaired) electrons. The van der Waals surface area contributed by atoms with Crippen molar-refractivity contribution in [3.63, 3.8) is 0 Å². The highest BCUT2D eigenvalue weighted by atomic mass is 35.5. The summed E-state index contributed by atoms with van der Waals surface area (Å²) in [6, 6.07) is 3.54. The van der Waals surface area contributed by atoms with Gasteiger partial charge in [-0.2, -0.15) is 4.31 Å². The predicted octanol–water partition coefficient (Wildman–Crippen LogP) is 2.61. The monoisotopic (exact) mass is 323 g/mol. The SMILES string of the molecule is CCN(C(C)COC)S(=O)(=O)c1ccc(CCl)cc1F. The Morgan fingerprint density at radius 3 is 2.55 bits per heavy atom. The summed E-state index contributed by atoms with van der Waals surface area (Å²) in [4.78, 5) is -0.337. The molecule has 1 rings (SSSR count). The highest BCUT2D eigenvalue weighted by molar-refractivity contribution is 7.89. The minimum Gasteiger partial charge on any atom is -0.383 e. The van der Waals surface area contributed by atoms with E-state index in [1.54, 1.807) is 13.8 Å². The van der Waals surface area contributed by atoms with Gasteiger partial charge in [-0.3, -0.25) is 0 Å². The van der Waals surface area contributed by atoms with Crippen LogP contribution in [0.2, 0.25) is 0 Å². The molecule has 0 heterocycles. The van der Waals surface area contributed by atoms with Gasteiger partial charge in [0.25, 0.3) is 0 Å². The standard InChI is InChI=1S/C13H19ClFNO3S/c1-4-16(10(2)9-19-3)20(17,18)13-6-5-11(8-14)7-12(13)15/h5-7,10H,4,8-9H2,1-3H3. The van der Waals surface area contributed by atoms with Gasteiger partial charge in [0.2, 0.25) is 10.0 Å². The normalized spacial score (nSPS) is 13.7. The number of methoxy groups -OCH3 is 1. The van der Waals surface area contributed by atoms with Gasteiger partial charge in [0, 0.05) is 25.6 Å². The highest BCUT2D eigenvalue weighted by Crippen LogP contribution is 2.22. The van der Waals surface area contributed by atoms with Gasteiger partial charge in [0.05, 0.1) is 6.61 Å². The lowest BCUT2D eigenvalue weighted by molar-refractivity contribution is 0.142. The minimum atomic E-state index is -3.89. The summed E-state index contributed by atoms with van der Waals surface area (Å²) in [5, 5.41) is 0. The van der Waals surface area contributed by atoms with Gasteiger partial charge in [0.1, 0.15) is 10.7 Å². The summed E-state index contributed by atoms with van der Waals surface area (Å²) in [6.07, 6.45) is 0. The lowest BCUT2D eigenvalue weighted by Gasteiger charge is -2.26. The summed E-state index contributed by atoms with van der Waals surface area (Å²) in [5.41, 5.74) is 0.538. The Bertz CT molecular complexity index is 551. The smallest absolute Gasteiger partial charge is 0.246 e. The first-order chi connectivity index (χ1) is 9.38. The molecule has 20 heavy (non-hydrogen) atoms. The number of halogens is 2. The van der Waals surface area contributed by atoms with Gasteiger partial charge in [0.15, 0.2) is 0 Å². The molecule has 0 bridgehead atoms. The molecule has 1 aromatic rings. The van der Waals surface area contributed by atoms with Gasteiger partial charge >= 0.3 is 0 Å². The Hall–Kier alpha value is -0.690. The maximum atomic E-state index is 14.0. The lowest BCUT2D eigenvalue weighted by atomic mass is 10.2. The van der Waals surface area contributed by atoms with Crippen LogP contribution in [-0.2, 0) is 20.6 Å². The van der Waals surface area contributed by atoms with Crippen molar-refractivity contribution < 1.29 is 17.5 Å². The van der Waals surface area contributed by atoms with Crippen LogP contribution in [0.15, 0.2) is 23.1 Å². The Balaban J connectivity index is 3.20. The maximum absolute atomic E-state index is 14.0. The molecule has 1 atom stereocenters. The van der Waals surface area contributed by atoms with E-state index < -0.39 is 15.8 Å². The van der Waals surface area contributed by atoms with Crippen LogP contribution < -0.4 is 0 Å². The van der Waals surface area contributed by atoms with E-state index in [-0.39, 0.29) is 30.0 Å². The molecule has 0 spiro atoms. The van der Waals surface area contributed by atoms with Crippen LogP contribution >= 0.6 is 11.6 Å². The van der Waals surface area contributed by atoms with Crippen molar-refractivity contribution in [3.8, 4) is 0 Å². The van der Waals surface area contributed by atoms with Crippen LogP contribution in [0.4, 0.5) is 4.39 Å². The molecular weight excluding hydrogens is 305 g/mol. The molecular formula is C13H19ClFNO3S. The van der Waals surface area contributed by atoms with E-state index in [1.807, 2.05) is 0 Å². The third kappa shape index (κ3) is 3.69. The number of benzene rings is 1. The number of ether oxygens (including phenoxy) is 1. The van der Waals surface area contributed by atoms with Crippen LogP contribution in [-0.4, -0.2) is 39.0 Å². The molecule has 0 aromatic heterocycles. The predicted molar refractivity (Wildman–Crippen MR) is 76.9 cm³/mol. The summed E-state index contributed by atoms with van der Waals surface area (Å²) in [5.74, 6) is -0.652. The van der Waals surface area contributed by atoms with Crippen LogP contribution in [0, 0.1) is 5.82 Å². The minimum absolute atomic E-state index is 0.134. The molecule has 0 amide bonds. The average molecular weight is 324 g/mol. The number of rotatable bonds is 7. The maximum Gasteiger partial charge on any atom is 0.246 e. The number of hydrogen-bond acceptors (Lipinski definition) is 3. The molecule has 4 nitrogen and oxygen atoms in total. The number of nitrogens with zero attached hydrogens (tertiary/aromatic N) is 1. The molecule has 7 heteroatoms. The fourth-order valence-electron chi connectivity index (χ4n) is 2.01. The molecule has 0 saturated carbocycles. The second-order valence-corrected chi connectivity index (χ2v) is 6.54. The van der Waals surface area contributed by atoms with E-state index in [0.717, 1.165) is 6.07 Å². The zero-order chi connectivity index (χ0) is 15.3. The van der Waals surface area contributed by atoms with Crippen molar-refractivity contribution in [1.29, 1.82) is 0 Å². The Labute approximate surface area is 124 Å². The van der Waals surface area contributed by atoms with E-state index in [9.17, 15) is 12.8 Å². The van der Waals surface area contributed by atoms with Crippen molar-refractivity contribution in [2.24, 2.45) is 0 Å². The first-order valence-corrected chi connectivity index (χ1v) is 8.21. The fraction of sp³-hybridized carbons (Fsp3) is 0.538. The quantitative estimate of drug-likeness (QED) is 0.725. The zero-order valence-corrected chi connectivity index (χ0v) is 13.3. The molecule has 1 aromatic carbocycles. The Kier molecular flexibility index (Phi) is 6.39. The molecule has 0 N–H and O–H groups in total. The number of hydrogen-bond donors (Lipinski definition) is 0. The van der Waals surface area contributed by atoms with Crippen LogP contribution in [0.5, 0.6) is 0 Å². The van der Waals surface area contributed by atoms with Crippen molar-refractivity contribution in [3.05, 3.63) is 29.6 Å². The summed E-state index contributed by atoms with van der Waals surface area (Å²) < 4.78 is 45.2. The lowest BCUT2D eigenvalue weighted by Crippen LogP contribution is -2.41. The second-order valence-electron chi connectivity index (χ2n) is 4.41. The average Bonchev–Trinajstić information content (AvgIpc) is 2.38. The molecule has 114 valence electrons. The first-order valence-electron chi connectivity index (χ1n) is 6.23. The van der Waals surface area contributed by atoms with Crippen molar-refractivity contribution in [1.82, 2.24) is 4.31 Å². The molecule has 0 fully saturated rings. The summed E-state index contributed by atoms with van der Waals surface area (Å²) in [6.45, 7) is 3.91. The first kappa shape index (κ1) is 17.4. The van der Waals surface area contributed by atoms with Crippen molar-refractivity contribution >= 4 is 21.6 Å². The Morgan fingerprint density at radius 2 is 2.10 bits per heavy atom. The summed E-state index contributed by atoms with van der Waals surface area (Å²) in [7, 11) is -2.40. The second kappa shape index (κ2) is 7.36. The van der Waals surface area contributed by atoms with E-state index in [4.69, 9.17) is 16.3 Å². The van der Waals surface area contributed by atoms with Crippen molar-refractivity contribution in [2.45, 2.75) is 30.7 Å². The highest BCUT2D eigenvalue weighted by Gasteiger charge is 2.30. The van der Waals surface area contributed by atoms with Crippen LogP contribution in [0.1, 0.15) is 19.4 Å². The molecule has 0 aliphatic heterocycles. The van der Waals surface area contributed by atoms with Crippen LogP contribution in [0.3, 0.4) is 0 Å². The third-order valence-electron chi connectivity index (χ3n) is 2.95. The molecule has 0 aliphatic carbocycles. The van der Waals surface area contributed by atoms with Crippen LogP contribution in [0.25, 0.3) is 0 Å². The largest absolute Gasteiger partial charge is 0.383 e. The number of alkyl halides is 1. The Morgan fingerprint density at radius 1 is 1.45 bits per heavy atom. The van der Waals surface area contributed by atoms with Gasteiger partial charge in [-0.1, -0.05) is 13.0 Å². The number of likely N-dealkylation sites (N-methyl/N-ethyl adjacent to an activating group) is 1. The number of sulfonamides is 1. The van der Waals surface area contributed by atoms with E-state index in [0.29, 0.717) is 5.56 Å². The zero-order valence-electron chi connectivity index (χ0n) is 11.8. The topological polar surface area (TPSA) is 46.6 Å². The van der Waals surface area contributed by atoms with Gasteiger partial charge < -0.3 is 4.74 Å². The van der Waals surface area contributed by atoms with Gasteiger partial charge in [-0.15, -0.1) is 11.6 Å². The fourth-order valence-corrected chi connectivity index (χ4v) is 3.84. The van der Waals surface area contributed by atoms with E-state index in [1.165, 1.54) is 23.5 Å². The molecule has 0 aliphatic rings. The summed E-state index contributed by atoms with van der Waals surface area (Å²) >= 11 is 5.60. The van der Waals surface area contributed by atoms with E-state index >= 15 is 0 Å². The third-order valence-corrected chi connectivity index (χ3v) is 5.38.